The van der Waals surface area contributed by atoms with Gasteiger partial charge in [0.05, 0.1) is 24.3 Å². The molecule has 150 valence electrons. The van der Waals surface area contributed by atoms with E-state index in [0.29, 0.717) is 19.0 Å². The number of anilines is 1. The molecule has 1 N–H and O–H groups in total. The summed E-state index contributed by atoms with van der Waals surface area (Å²) in [5.41, 5.74) is 1.89. The Labute approximate surface area is 171 Å². The van der Waals surface area contributed by atoms with Crippen LogP contribution in [0.25, 0.3) is 0 Å². The number of terminal acetylenes is 1. The van der Waals surface area contributed by atoms with Gasteiger partial charge in [-0.1, -0.05) is 18.1 Å². The summed E-state index contributed by atoms with van der Waals surface area (Å²) in [7, 11) is 1.64. The number of thioether (sulfide) groups is 1. The molecule has 28 heavy (non-hydrogen) atoms. The number of hydrogen-bond donors (Lipinski definition) is 1. The lowest BCUT2D eigenvalue weighted by molar-refractivity contribution is 0.226. The van der Waals surface area contributed by atoms with E-state index in [2.05, 4.69) is 11.2 Å². The Hall–Kier alpha value is -2.23. The molecule has 0 aromatic heterocycles. The van der Waals surface area contributed by atoms with Crippen molar-refractivity contribution in [1.29, 1.82) is 0 Å². The predicted molar refractivity (Wildman–Crippen MR) is 116 cm³/mol. The molecule has 0 saturated carbocycles. The van der Waals surface area contributed by atoms with E-state index < -0.39 is 0 Å². The Balaban J connectivity index is 1.72. The van der Waals surface area contributed by atoms with E-state index in [4.69, 9.17) is 20.9 Å². The Kier molecular flexibility index (Phi) is 9.67. The molecular formula is C22H27FN2O2S. The van der Waals surface area contributed by atoms with Gasteiger partial charge in [-0.25, -0.2) is 4.39 Å². The first-order valence-electron chi connectivity index (χ1n) is 9.26. The van der Waals surface area contributed by atoms with Gasteiger partial charge in [0.15, 0.2) is 0 Å². The smallest absolute Gasteiger partial charge is 0.127 e. The second-order valence-corrected chi connectivity index (χ2v) is 7.43. The number of hydrogen-bond acceptors (Lipinski definition) is 5. The largest absolute Gasteiger partial charge is 0.493 e. The number of methoxy groups -OCH3 is 1. The maximum atomic E-state index is 13.3. The first kappa shape index (κ1) is 22.1. The van der Waals surface area contributed by atoms with Crippen molar-refractivity contribution in [2.75, 3.05) is 37.9 Å². The van der Waals surface area contributed by atoms with E-state index in [-0.39, 0.29) is 11.9 Å². The summed E-state index contributed by atoms with van der Waals surface area (Å²) in [6, 6.07) is 5.08. The van der Waals surface area contributed by atoms with Crippen molar-refractivity contribution in [3.8, 4) is 12.3 Å². The van der Waals surface area contributed by atoms with E-state index >= 15 is 0 Å². The fourth-order valence-corrected chi connectivity index (χ4v) is 3.73. The van der Waals surface area contributed by atoms with Crippen molar-refractivity contribution in [1.82, 2.24) is 0 Å². The molecule has 1 aromatic rings. The maximum Gasteiger partial charge on any atom is 0.127 e. The summed E-state index contributed by atoms with van der Waals surface area (Å²) in [5.74, 6) is 3.88. The fourth-order valence-electron chi connectivity index (χ4n) is 2.65. The van der Waals surface area contributed by atoms with Gasteiger partial charge in [-0.3, -0.25) is 4.99 Å². The third-order valence-corrected chi connectivity index (χ3v) is 5.31. The number of nitrogens with zero attached hydrogens (tertiary/aromatic N) is 1. The average Bonchev–Trinajstić information content (AvgIpc) is 3.12. The third-order valence-electron chi connectivity index (χ3n) is 4.12. The summed E-state index contributed by atoms with van der Waals surface area (Å²) < 4.78 is 24.0. The van der Waals surface area contributed by atoms with E-state index in [1.165, 1.54) is 12.1 Å². The van der Waals surface area contributed by atoms with Crippen LogP contribution in [0.4, 0.5) is 10.1 Å². The molecule has 0 saturated heterocycles. The first-order valence-corrected chi connectivity index (χ1v) is 10.2. The number of ether oxygens (including phenoxy) is 2. The lowest BCUT2D eigenvalue weighted by atomic mass is 10.2. The molecule has 0 radical (unpaired) electrons. The summed E-state index contributed by atoms with van der Waals surface area (Å²) in [4.78, 5) is 4.77. The Morgan fingerprint density at radius 2 is 2.36 bits per heavy atom. The zero-order chi connectivity index (χ0) is 20.2. The van der Waals surface area contributed by atoms with Gasteiger partial charge in [-0.2, -0.15) is 0 Å². The highest BCUT2D eigenvalue weighted by atomic mass is 32.2. The number of allylic oxidation sites excluding steroid dienone is 2. The molecule has 0 amide bonds. The van der Waals surface area contributed by atoms with Crippen molar-refractivity contribution in [3.63, 3.8) is 0 Å². The van der Waals surface area contributed by atoms with Gasteiger partial charge in [-0.15, -0.1) is 18.2 Å². The number of rotatable bonds is 11. The standard InChI is InChI=1S/C22H27FN2O2S/c1-4-6-20(7-5-13-26-3)27-14-11-22-25-19(16-28-22)10-12-24-21-15-18(23)9-8-17(21)2/h1,5-9,15,19,24H,10-14,16H2,2-3H3/b7-5-,20-6+. The fraction of sp³-hybridized carbons (Fsp3) is 0.409. The van der Waals surface area contributed by atoms with Crippen LogP contribution in [0.3, 0.4) is 0 Å². The third kappa shape index (κ3) is 7.79. The second-order valence-electron chi connectivity index (χ2n) is 6.33. The molecule has 1 aromatic carbocycles. The highest BCUT2D eigenvalue weighted by Crippen LogP contribution is 2.23. The lowest BCUT2D eigenvalue weighted by Gasteiger charge is -2.11. The molecule has 0 spiro atoms. The van der Waals surface area contributed by atoms with Crippen LogP contribution in [0.5, 0.6) is 0 Å². The highest BCUT2D eigenvalue weighted by Gasteiger charge is 2.17. The molecule has 1 atom stereocenters. The summed E-state index contributed by atoms with van der Waals surface area (Å²) in [6.07, 6.45) is 12.3. The molecule has 1 heterocycles. The molecule has 1 aliphatic rings. The topological polar surface area (TPSA) is 42.9 Å². The van der Waals surface area contributed by atoms with Crippen LogP contribution in [0.1, 0.15) is 18.4 Å². The van der Waals surface area contributed by atoms with Crippen LogP contribution in [0.15, 0.2) is 47.2 Å². The van der Waals surface area contributed by atoms with Crippen LogP contribution >= 0.6 is 11.8 Å². The number of halogens is 1. The van der Waals surface area contributed by atoms with Crippen molar-refractivity contribution in [3.05, 3.63) is 53.6 Å². The predicted octanol–water partition coefficient (Wildman–Crippen LogP) is 4.58. The van der Waals surface area contributed by atoms with Gasteiger partial charge in [0.25, 0.3) is 0 Å². The van der Waals surface area contributed by atoms with E-state index in [1.807, 2.05) is 19.1 Å². The molecule has 2 rings (SSSR count). The minimum Gasteiger partial charge on any atom is -0.493 e. The summed E-state index contributed by atoms with van der Waals surface area (Å²) in [6.45, 7) is 3.78. The monoisotopic (exact) mass is 402 g/mol. The zero-order valence-corrected chi connectivity index (χ0v) is 17.2. The molecule has 0 bridgehead atoms. The van der Waals surface area contributed by atoms with Gasteiger partial charge in [0.1, 0.15) is 11.6 Å². The zero-order valence-electron chi connectivity index (χ0n) is 16.4. The van der Waals surface area contributed by atoms with Crippen molar-refractivity contribution in [2.24, 2.45) is 4.99 Å². The quantitative estimate of drug-likeness (QED) is 0.334. The van der Waals surface area contributed by atoms with Crippen LogP contribution in [-0.4, -0.2) is 43.7 Å². The molecule has 0 fully saturated rings. The molecule has 6 heteroatoms. The molecule has 1 unspecified atom stereocenters. The SMILES string of the molecule is C#C/C=C(\C=C/COC)OCCC1=NC(CCNc2cc(F)ccc2C)CS1. The number of aliphatic imine (C=N–C) groups is 1. The Morgan fingerprint density at radius 1 is 1.50 bits per heavy atom. The van der Waals surface area contributed by atoms with E-state index in [9.17, 15) is 4.39 Å². The Bertz CT molecular complexity index is 768. The van der Waals surface area contributed by atoms with Gasteiger partial charge >= 0.3 is 0 Å². The minimum absolute atomic E-state index is 0.222. The molecule has 4 nitrogen and oxygen atoms in total. The second kappa shape index (κ2) is 12.3. The molecular weight excluding hydrogens is 375 g/mol. The van der Waals surface area contributed by atoms with Gasteiger partial charge in [-0.05, 0) is 37.1 Å². The number of benzene rings is 1. The molecule has 0 aliphatic carbocycles. The van der Waals surface area contributed by atoms with E-state index in [0.717, 1.165) is 41.4 Å². The minimum atomic E-state index is -0.222. The van der Waals surface area contributed by atoms with Gasteiger partial charge in [0, 0.05) is 37.6 Å². The van der Waals surface area contributed by atoms with Crippen LogP contribution in [-0.2, 0) is 9.47 Å². The summed E-state index contributed by atoms with van der Waals surface area (Å²) >= 11 is 1.77. The van der Waals surface area contributed by atoms with Gasteiger partial charge in [0.2, 0.25) is 0 Å². The van der Waals surface area contributed by atoms with Crippen molar-refractivity contribution < 1.29 is 13.9 Å². The lowest BCUT2D eigenvalue weighted by Crippen LogP contribution is -2.12. The molecule has 1 aliphatic heterocycles. The number of aryl methyl sites for hydroxylation is 1. The van der Waals surface area contributed by atoms with Crippen LogP contribution < -0.4 is 5.32 Å². The summed E-state index contributed by atoms with van der Waals surface area (Å²) in [5, 5.41) is 4.41. The van der Waals surface area contributed by atoms with Crippen molar-refractivity contribution in [2.45, 2.75) is 25.8 Å². The van der Waals surface area contributed by atoms with Gasteiger partial charge < -0.3 is 14.8 Å². The normalized spacial score (nSPS) is 16.9. The van der Waals surface area contributed by atoms with E-state index in [1.54, 1.807) is 31.0 Å². The number of nitrogens with one attached hydrogen (secondary N) is 1. The highest BCUT2D eigenvalue weighted by molar-refractivity contribution is 8.14. The maximum absolute atomic E-state index is 13.3. The van der Waals surface area contributed by atoms with Crippen molar-refractivity contribution >= 4 is 22.5 Å². The van der Waals surface area contributed by atoms with Crippen LogP contribution in [0.2, 0.25) is 0 Å². The first-order chi connectivity index (χ1) is 13.6. The Morgan fingerprint density at radius 3 is 3.14 bits per heavy atom. The average molecular weight is 403 g/mol. The van der Waals surface area contributed by atoms with Crippen LogP contribution in [0, 0.1) is 25.1 Å².